The van der Waals surface area contributed by atoms with Crippen LogP contribution < -0.4 is 5.32 Å². The summed E-state index contributed by atoms with van der Waals surface area (Å²) >= 11 is 0. The van der Waals surface area contributed by atoms with Gasteiger partial charge in [-0.15, -0.1) is 5.10 Å². The van der Waals surface area contributed by atoms with E-state index in [4.69, 9.17) is 0 Å². The van der Waals surface area contributed by atoms with Crippen LogP contribution in [0.4, 0.5) is 0 Å². The van der Waals surface area contributed by atoms with Gasteiger partial charge in [0.25, 0.3) is 0 Å². The van der Waals surface area contributed by atoms with Gasteiger partial charge in [0.15, 0.2) is 5.65 Å². The summed E-state index contributed by atoms with van der Waals surface area (Å²) in [5.74, 6) is 2.30. The lowest BCUT2D eigenvalue weighted by molar-refractivity contribution is 0.641. The Labute approximate surface area is 147 Å². The van der Waals surface area contributed by atoms with Crippen molar-refractivity contribution >= 4 is 24.4 Å². The number of unbranched alkanes of at least 4 members (excludes halogenated alkanes) is 2. The van der Waals surface area contributed by atoms with E-state index in [-0.39, 0.29) is 0 Å². The van der Waals surface area contributed by atoms with Crippen molar-refractivity contribution in [2.45, 2.75) is 84.4 Å². The van der Waals surface area contributed by atoms with E-state index in [9.17, 15) is 0 Å². The third kappa shape index (κ3) is 4.08. The first-order chi connectivity index (χ1) is 11.4. The highest BCUT2D eigenvalue weighted by molar-refractivity contribution is 6.88. The van der Waals surface area contributed by atoms with Gasteiger partial charge in [0.1, 0.15) is 0 Å². The van der Waals surface area contributed by atoms with Crippen LogP contribution in [0.5, 0.6) is 0 Å². The highest BCUT2D eigenvalue weighted by atomic mass is 28.3. The molecule has 1 saturated carbocycles. The average Bonchev–Trinajstić information content (AvgIpc) is 3.25. The van der Waals surface area contributed by atoms with Gasteiger partial charge in [0.05, 0.1) is 13.8 Å². The van der Waals surface area contributed by atoms with Gasteiger partial charge in [0.2, 0.25) is 0 Å². The van der Waals surface area contributed by atoms with Crippen LogP contribution in [-0.4, -0.2) is 23.3 Å². The lowest BCUT2D eigenvalue weighted by Gasteiger charge is -2.16. The summed E-state index contributed by atoms with van der Waals surface area (Å²) < 4.78 is 0. The Morgan fingerprint density at radius 2 is 1.88 bits per heavy atom. The van der Waals surface area contributed by atoms with Gasteiger partial charge in [-0.05, 0) is 55.6 Å². The first kappa shape index (κ1) is 17.7. The predicted octanol–water partition coefficient (Wildman–Crippen LogP) is 5.10. The zero-order valence-electron chi connectivity index (χ0n) is 16.0. The van der Waals surface area contributed by atoms with Crippen LogP contribution in [0.15, 0.2) is 6.07 Å². The van der Waals surface area contributed by atoms with Gasteiger partial charge in [-0.2, -0.15) is 5.10 Å². The Bertz CT molecular complexity index is 693. The topological polar surface area (TPSA) is 41.6 Å². The number of aromatic nitrogens is 3. The molecule has 1 N–H and O–H groups in total. The van der Waals surface area contributed by atoms with Crippen molar-refractivity contribution in [1.29, 1.82) is 0 Å². The number of nitrogens with one attached hydrogen (secondary N) is 1. The maximum absolute atomic E-state index is 4.53. The summed E-state index contributed by atoms with van der Waals surface area (Å²) in [5.41, 5.74) is 3.76. The van der Waals surface area contributed by atoms with Gasteiger partial charge in [0, 0.05) is 10.7 Å². The molecule has 3 rings (SSSR count). The zero-order chi connectivity index (χ0) is 17.3. The van der Waals surface area contributed by atoms with E-state index in [1.165, 1.54) is 60.8 Å². The molecule has 0 aliphatic heterocycles. The second kappa shape index (κ2) is 6.99. The molecule has 1 aliphatic rings. The molecule has 0 unspecified atom stereocenters. The normalized spacial score (nSPS) is 15.6. The van der Waals surface area contributed by atoms with E-state index < -0.39 is 8.07 Å². The smallest absolute Gasteiger partial charge is 0.160 e. The summed E-state index contributed by atoms with van der Waals surface area (Å²) in [6, 6.07) is 2.33. The molecule has 3 nitrogen and oxygen atoms in total. The van der Waals surface area contributed by atoms with E-state index in [2.05, 4.69) is 54.7 Å². The fourth-order valence-corrected chi connectivity index (χ4v) is 5.16. The van der Waals surface area contributed by atoms with Crippen molar-refractivity contribution in [2.24, 2.45) is 0 Å². The molecule has 4 heteroatoms. The van der Waals surface area contributed by atoms with Crippen molar-refractivity contribution in [1.82, 2.24) is 15.2 Å². The molecule has 1 radical (unpaired) electrons. The molecule has 0 bridgehead atoms. The standard InChI is InChI=1S/C20H32N3Si/c1-14(2)9-7-6-8-10-16-13-17-18(15-11-12-15)20(24(3,4)5)21-19(17)23-22-16/h13,15H,6-12H2,1-5H3,(H,21,23). The summed E-state index contributed by atoms with van der Waals surface area (Å²) in [7, 11) is -1.37. The first-order valence-electron chi connectivity index (χ1n) is 9.54. The maximum atomic E-state index is 4.53. The summed E-state index contributed by atoms with van der Waals surface area (Å²) in [5, 5.41) is 11.9. The predicted molar refractivity (Wildman–Crippen MR) is 106 cm³/mol. The third-order valence-corrected chi connectivity index (χ3v) is 6.89. The van der Waals surface area contributed by atoms with Crippen molar-refractivity contribution in [2.75, 3.05) is 0 Å². The molecule has 2 aromatic rings. The number of nitrogens with zero attached hydrogens (tertiary/aromatic N) is 2. The van der Waals surface area contributed by atoms with Crippen molar-refractivity contribution in [3.63, 3.8) is 0 Å². The zero-order valence-corrected chi connectivity index (χ0v) is 17.0. The maximum Gasteiger partial charge on any atom is 0.160 e. The molecule has 24 heavy (non-hydrogen) atoms. The molecule has 131 valence electrons. The fourth-order valence-electron chi connectivity index (χ4n) is 3.52. The van der Waals surface area contributed by atoms with Crippen LogP contribution in [0.25, 0.3) is 11.0 Å². The third-order valence-electron chi connectivity index (χ3n) is 4.99. The fraction of sp³-hybridized carbons (Fsp3) is 0.650. The minimum absolute atomic E-state index is 0.764. The molecular weight excluding hydrogens is 310 g/mol. The molecule has 2 aromatic heterocycles. The number of H-pyrrole nitrogens is 1. The van der Waals surface area contributed by atoms with E-state index in [0.717, 1.165) is 18.0 Å². The molecule has 0 aromatic carbocycles. The highest BCUT2D eigenvalue weighted by Gasteiger charge is 2.34. The van der Waals surface area contributed by atoms with Gasteiger partial charge in [-0.25, -0.2) is 0 Å². The van der Waals surface area contributed by atoms with Crippen LogP contribution in [0.2, 0.25) is 19.6 Å². The van der Waals surface area contributed by atoms with Crippen molar-refractivity contribution < 1.29 is 0 Å². The first-order valence-corrected chi connectivity index (χ1v) is 13.0. The summed E-state index contributed by atoms with van der Waals surface area (Å²) in [6.07, 6.45) is 8.81. The summed E-state index contributed by atoms with van der Waals surface area (Å²) in [4.78, 5) is 3.63. The number of aryl methyl sites for hydroxylation is 1. The minimum Gasteiger partial charge on any atom is -0.345 e. The van der Waals surface area contributed by atoms with Gasteiger partial charge in [-0.1, -0.05) is 46.3 Å². The number of fused-ring (bicyclic) bond motifs is 1. The Balaban J connectivity index is 1.76. The molecule has 1 fully saturated rings. The van der Waals surface area contributed by atoms with Crippen LogP contribution in [-0.2, 0) is 6.42 Å². The van der Waals surface area contributed by atoms with Gasteiger partial charge < -0.3 is 4.98 Å². The SMILES string of the molecule is C[C](C)CCCCCc1cc2c(C3CC3)c([Si](C)(C)C)[nH]c2nn1. The summed E-state index contributed by atoms with van der Waals surface area (Å²) in [6.45, 7) is 11.7. The Hall–Kier alpha value is -1.16. The number of hydrogen-bond acceptors (Lipinski definition) is 2. The molecule has 0 amide bonds. The van der Waals surface area contributed by atoms with Crippen LogP contribution in [0, 0.1) is 5.92 Å². The van der Waals surface area contributed by atoms with Gasteiger partial charge >= 0.3 is 0 Å². The molecule has 0 atom stereocenters. The molecule has 0 spiro atoms. The molecule has 1 aliphatic carbocycles. The minimum atomic E-state index is -1.37. The Morgan fingerprint density at radius 1 is 1.12 bits per heavy atom. The van der Waals surface area contributed by atoms with Crippen molar-refractivity contribution in [3.8, 4) is 0 Å². The average molecular weight is 343 g/mol. The number of aromatic amines is 1. The lowest BCUT2D eigenvalue weighted by atomic mass is 10.0. The van der Waals surface area contributed by atoms with E-state index in [0.29, 0.717) is 0 Å². The monoisotopic (exact) mass is 342 g/mol. The van der Waals surface area contributed by atoms with Crippen molar-refractivity contribution in [3.05, 3.63) is 23.2 Å². The Morgan fingerprint density at radius 3 is 2.50 bits per heavy atom. The van der Waals surface area contributed by atoms with E-state index in [1.54, 1.807) is 5.56 Å². The van der Waals surface area contributed by atoms with Crippen LogP contribution in [0.1, 0.15) is 69.5 Å². The van der Waals surface area contributed by atoms with Crippen LogP contribution >= 0.6 is 0 Å². The van der Waals surface area contributed by atoms with Crippen LogP contribution in [0.3, 0.4) is 0 Å². The number of hydrogen-bond donors (Lipinski definition) is 1. The second-order valence-corrected chi connectivity index (χ2v) is 13.8. The molecule has 0 saturated heterocycles. The molecule has 2 heterocycles. The quantitative estimate of drug-likeness (QED) is 0.536. The second-order valence-electron chi connectivity index (χ2n) is 8.80. The highest BCUT2D eigenvalue weighted by Crippen LogP contribution is 2.43. The number of rotatable bonds is 8. The largest absolute Gasteiger partial charge is 0.345 e. The van der Waals surface area contributed by atoms with E-state index in [1.807, 2.05) is 0 Å². The van der Waals surface area contributed by atoms with Gasteiger partial charge in [-0.3, -0.25) is 0 Å². The lowest BCUT2D eigenvalue weighted by Crippen LogP contribution is -2.40. The molecular formula is C20H32N3Si. The Kier molecular flexibility index (Phi) is 5.14. The van der Waals surface area contributed by atoms with E-state index >= 15 is 0 Å².